The normalized spacial score (nSPS) is 30.6. The third-order valence-electron chi connectivity index (χ3n) is 4.18. The highest BCUT2D eigenvalue weighted by molar-refractivity contribution is 7.81. The summed E-state index contributed by atoms with van der Waals surface area (Å²) in [5.41, 5.74) is 0.990. The third kappa shape index (κ3) is 6.22. The summed E-state index contributed by atoms with van der Waals surface area (Å²) in [5, 5.41) is 12.1. The number of fused-ring (bicyclic) bond motifs is 1. The summed E-state index contributed by atoms with van der Waals surface area (Å²) in [6.45, 7) is -0.713. The minimum Gasteiger partial charge on any atom is -0.390 e. The summed E-state index contributed by atoms with van der Waals surface area (Å²) >= 11 is 6.98. The van der Waals surface area contributed by atoms with Crippen LogP contribution in [0.25, 0.3) is 6.08 Å². The molecule has 0 saturated carbocycles. The highest BCUT2D eigenvalue weighted by Crippen LogP contribution is 2.66. The SMILES string of the molecule is O=P(O)(O)OP(=O)(O)OP(=O)(O)OC[C@H]1O[C@@H](C2C=Cc3ccsc3C2=S)CC1O. The average Bonchev–Trinajstić information content (AvgIpc) is 3.17. The van der Waals surface area contributed by atoms with Crippen LogP contribution in [0.15, 0.2) is 17.5 Å². The number of hydrogen-bond donors (Lipinski definition) is 5. The van der Waals surface area contributed by atoms with E-state index < -0.39 is 48.4 Å². The lowest BCUT2D eigenvalue weighted by Gasteiger charge is -2.24. The summed E-state index contributed by atoms with van der Waals surface area (Å²) in [4.78, 5) is 37.2. The zero-order valence-electron chi connectivity index (χ0n) is 14.8. The first kappa shape index (κ1) is 24.5. The van der Waals surface area contributed by atoms with Gasteiger partial charge in [0.15, 0.2) is 0 Å². The van der Waals surface area contributed by atoms with Gasteiger partial charge in [-0.3, -0.25) is 4.52 Å². The second kappa shape index (κ2) is 9.01. The number of phosphoric ester groups is 1. The van der Waals surface area contributed by atoms with Crippen molar-refractivity contribution in [3.8, 4) is 0 Å². The molecule has 30 heavy (non-hydrogen) atoms. The van der Waals surface area contributed by atoms with Crippen molar-refractivity contribution in [2.45, 2.75) is 24.7 Å². The minimum absolute atomic E-state index is 0.153. The zero-order chi connectivity index (χ0) is 22.3. The van der Waals surface area contributed by atoms with Crippen molar-refractivity contribution in [3.05, 3.63) is 28.0 Å². The molecule has 1 aromatic rings. The monoisotopic (exact) mass is 522 g/mol. The van der Waals surface area contributed by atoms with Gasteiger partial charge >= 0.3 is 23.5 Å². The molecule has 5 N–H and O–H groups in total. The molecule has 1 saturated heterocycles. The second-order valence-electron chi connectivity index (χ2n) is 6.36. The van der Waals surface area contributed by atoms with Gasteiger partial charge in [-0.1, -0.05) is 24.4 Å². The van der Waals surface area contributed by atoms with Gasteiger partial charge in [-0.25, -0.2) is 13.7 Å². The van der Waals surface area contributed by atoms with Crippen LogP contribution < -0.4 is 0 Å². The van der Waals surface area contributed by atoms with Crippen LogP contribution in [0, 0.1) is 5.92 Å². The van der Waals surface area contributed by atoms with Gasteiger partial charge in [0, 0.05) is 22.1 Å². The van der Waals surface area contributed by atoms with E-state index in [1.165, 1.54) is 11.3 Å². The van der Waals surface area contributed by atoms with E-state index in [1.54, 1.807) is 0 Å². The third-order valence-corrected chi connectivity index (χ3v) is 9.55. The topological polar surface area (TPSA) is 189 Å². The Morgan fingerprint density at radius 3 is 2.53 bits per heavy atom. The molecule has 12 nitrogen and oxygen atoms in total. The van der Waals surface area contributed by atoms with Crippen LogP contribution in [0.4, 0.5) is 0 Å². The van der Waals surface area contributed by atoms with Crippen molar-refractivity contribution in [1.29, 1.82) is 0 Å². The average molecular weight is 522 g/mol. The number of ether oxygens (including phenoxy) is 1. The van der Waals surface area contributed by atoms with Crippen LogP contribution in [0.3, 0.4) is 0 Å². The number of thiophene rings is 1. The molecule has 1 fully saturated rings. The molecule has 168 valence electrons. The van der Waals surface area contributed by atoms with E-state index >= 15 is 0 Å². The maximum atomic E-state index is 11.8. The number of aliphatic hydroxyl groups is 1. The van der Waals surface area contributed by atoms with Gasteiger partial charge in [0.2, 0.25) is 0 Å². The lowest BCUT2D eigenvalue weighted by atomic mass is 9.89. The van der Waals surface area contributed by atoms with Gasteiger partial charge in [-0.05, 0) is 17.0 Å². The fourth-order valence-corrected chi connectivity index (χ4v) is 7.40. The number of thiocarbonyl (C=S) groups is 1. The Labute approximate surface area is 179 Å². The molecule has 6 atom stereocenters. The smallest absolute Gasteiger partial charge is 0.390 e. The predicted molar refractivity (Wildman–Crippen MR) is 108 cm³/mol. The summed E-state index contributed by atoms with van der Waals surface area (Å²) in [7, 11) is -16.4. The molecule has 2 aliphatic rings. The highest BCUT2D eigenvalue weighted by Gasteiger charge is 2.44. The van der Waals surface area contributed by atoms with Gasteiger partial charge < -0.3 is 29.4 Å². The molecule has 2 heterocycles. The van der Waals surface area contributed by atoms with Crippen molar-refractivity contribution >= 4 is 58.0 Å². The van der Waals surface area contributed by atoms with Crippen molar-refractivity contribution < 1.29 is 56.3 Å². The maximum absolute atomic E-state index is 11.8. The van der Waals surface area contributed by atoms with Crippen molar-refractivity contribution in [1.82, 2.24) is 0 Å². The van der Waals surface area contributed by atoms with Crippen LogP contribution in [0.1, 0.15) is 16.9 Å². The lowest BCUT2D eigenvalue weighted by Crippen LogP contribution is -2.29. The summed E-state index contributed by atoms with van der Waals surface area (Å²) < 4.78 is 51.2. The van der Waals surface area contributed by atoms with Crippen LogP contribution in [0.2, 0.25) is 0 Å². The molecule has 0 spiro atoms. The molecular weight excluding hydrogens is 505 g/mol. The van der Waals surface area contributed by atoms with E-state index in [0.29, 0.717) is 4.86 Å². The molecular formula is C13H17O12P3S2. The molecule has 17 heteroatoms. The van der Waals surface area contributed by atoms with Gasteiger partial charge in [0.05, 0.1) is 18.8 Å². The standard InChI is InChI=1S/C13H17O12P3S2/c14-9-5-10(8-2-1-7-3-4-30-13(7)12(8)29)23-11(9)6-22-27(18,19)25-28(20,21)24-26(15,16)17/h1-4,8-11,14H,5-6H2,(H,18,19)(H,20,21)(H2,15,16,17)/t8?,9?,10-,11-/m1/s1. The molecule has 0 amide bonds. The number of rotatable bonds is 8. The number of phosphoric acid groups is 3. The van der Waals surface area contributed by atoms with Gasteiger partial charge in [-0.2, -0.15) is 8.62 Å². The quantitative estimate of drug-likeness (QED) is 0.246. The van der Waals surface area contributed by atoms with Crippen LogP contribution in [0.5, 0.6) is 0 Å². The Morgan fingerprint density at radius 1 is 1.17 bits per heavy atom. The number of hydrogen-bond acceptors (Lipinski definition) is 10. The van der Waals surface area contributed by atoms with E-state index in [2.05, 4.69) is 13.1 Å². The fraction of sp³-hybridized carbons (Fsp3) is 0.462. The maximum Gasteiger partial charge on any atom is 0.490 e. The molecule has 1 aliphatic carbocycles. The molecule has 1 aromatic heterocycles. The lowest BCUT2D eigenvalue weighted by molar-refractivity contribution is -0.0254. The first-order valence-electron chi connectivity index (χ1n) is 8.18. The Kier molecular flexibility index (Phi) is 7.36. The Balaban J connectivity index is 1.58. The van der Waals surface area contributed by atoms with Gasteiger partial charge in [0.1, 0.15) is 6.10 Å². The second-order valence-corrected chi connectivity index (χ2v) is 12.1. The molecule has 1 aliphatic heterocycles. The summed E-state index contributed by atoms with van der Waals surface area (Å²) in [6.07, 6.45) is 1.18. The van der Waals surface area contributed by atoms with Crippen LogP contribution in [-0.4, -0.2) is 54.5 Å². The number of aliphatic hydroxyl groups excluding tert-OH is 1. The predicted octanol–water partition coefficient (Wildman–Crippen LogP) is 1.97. The molecule has 0 bridgehead atoms. The molecule has 0 aromatic carbocycles. The summed E-state index contributed by atoms with van der Waals surface area (Å²) in [6, 6.07) is 1.93. The van der Waals surface area contributed by atoms with Gasteiger partial charge in [-0.15, -0.1) is 11.3 Å². The fourth-order valence-electron chi connectivity index (χ4n) is 3.00. The molecule has 3 rings (SSSR count). The Morgan fingerprint density at radius 2 is 1.87 bits per heavy atom. The first-order chi connectivity index (χ1) is 13.8. The molecule has 4 unspecified atom stereocenters. The summed E-state index contributed by atoms with van der Waals surface area (Å²) in [5.74, 6) is -0.308. The van der Waals surface area contributed by atoms with E-state index in [4.69, 9.17) is 31.6 Å². The van der Waals surface area contributed by atoms with E-state index in [1.807, 2.05) is 23.6 Å². The Bertz CT molecular complexity index is 986. The molecule has 0 radical (unpaired) electrons. The largest absolute Gasteiger partial charge is 0.490 e. The van der Waals surface area contributed by atoms with Crippen LogP contribution in [-0.2, 0) is 31.6 Å². The van der Waals surface area contributed by atoms with Crippen molar-refractivity contribution in [3.63, 3.8) is 0 Å². The Hall–Kier alpha value is -0.140. The van der Waals surface area contributed by atoms with Gasteiger partial charge in [0.25, 0.3) is 0 Å². The van der Waals surface area contributed by atoms with Crippen molar-refractivity contribution in [2.75, 3.05) is 6.61 Å². The van der Waals surface area contributed by atoms with E-state index in [-0.39, 0.29) is 12.3 Å². The van der Waals surface area contributed by atoms with E-state index in [9.17, 15) is 23.7 Å². The van der Waals surface area contributed by atoms with Crippen LogP contribution >= 0.6 is 47.0 Å². The van der Waals surface area contributed by atoms with E-state index in [0.717, 1.165) is 10.4 Å². The first-order valence-corrected chi connectivity index (χ1v) is 14.0. The minimum atomic E-state index is -5.61. The van der Waals surface area contributed by atoms with Crippen molar-refractivity contribution in [2.24, 2.45) is 5.92 Å². The zero-order valence-corrected chi connectivity index (χ0v) is 19.1. The highest BCUT2D eigenvalue weighted by atomic mass is 32.1.